The van der Waals surface area contributed by atoms with Crippen molar-refractivity contribution in [3.63, 3.8) is 0 Å². The number of benzene rings is 3. The lowest BCUT2D eigenvalue weighted by atomic mass is 10.0. The first-order valence-electron chi connectivity index (χ1n) is 19.4. The number of carbonyl (C=O) groups is 2. The second-order valence-electron chi connectivity index (χ2n) is 14.8. The summed E-state index contributed by atoms with van der Waals surface area (Å²) in [7, 11) is 0. The Kier molecular flexibility index (Phi) is 10.9. The molecule has 0 saturated carbocycles. The van der Waals surface area contributed by atoms with Gasteiger partial charge in [-0.05, 0) is 87.7 Å². The number of hydrogen-bond acceptors (Lipinski definition) is 10. The molecule has 4 atom stereocenters. The van der Waals surface area contributed by atoms with Gasteiger partial charge in [0, 0.05) is 51.4 Å². The molecule has 53 heavy (non-hydrogen) atoms. The van der Waals surface area contributed by atoms with Crippen molar-refractivity contribution in [3.8, 4) is 0 Å². The molecule has 12 heteroatoms. The second kappa shape index (κ2) is 16.4. The van der Waals surface area contributed by atoms with Gasteiger partial charge in [0.15, 0.2) is 11.2 Å². The van der Waals surface area contributed by atoms with Crippen molar-refractivity contribution in [1.29, 1.82) is 0 Å². The Labute approximate surface area is 310 Å². The molecule has 12 nitrogen and oxygen atoms in total. The second-order valence-corrected chi connectivity index (χ2v) is 14.8. The summed E-state index contributed by atoms with van der Waals surface area (Å²) in [6, 6.07) is 27.2. The molecule has 0 bridgehead atoms. The third kappa shape index (κ3) is 8.34. The summed E-state index contributed by atoms with van der Waals surface area (Å²) < 4.78 is 11.8. The fourth-order valence-electron chi connectivity index (χ4n) is 8.14. The number of nitrogens with zero attached hydrogens (tertiary/aromatic N) is 5. The van der Waals surface area contributed by atoms with Crippen LogP contribution in [0.5, 0.6) is 0 Å². The van der Waals surface area contributed by atoms with Crippen LogP contribution in [0.15, 0.2) is 87.7 Å². The van der Waals surface area contributed by atoms with Gasteiger partial charge in [-0.2, -0.15) is 9.97 Å². The van der Waals surface area contributed by atoms with Crippen LogP contribution in [0.25, 0.3) is 22.2 Å². The van der Waals surface area contributed by atoms with Crippen LogP contribution in [0.3, 0.4) is 0 Å². The van der Waals surface area contributed by atoms with E-state index in [0.717, 1.165) is 119 Å². The third-order valence-corrected chi connectivity index (χ3v) is 10.9. The molecule has 0 aliphatic carbocycles. The molecule has 0 spiro atoms. The highest BCUT2D eigenvalue weighted by molar-refractivity contribution is 5.86. The summed E-state index contributed by atoms with van der Waals surface area (Å²) >= 11 is 0. The normalized spacial score (nSPS) is 23.5. The van der Waals surface area contributed by atoms with E-state index < -0.39 is 0 Å². The first-order chi connectivity index (χ1) is 26.1. The Hall–Kier alpha value is -4.94. The predicted octanol–water partition coefficient (Wildman–Crippen LogP) is 5.24. The molecule has 0 unspecified atom stereocenters. The van der Waals surface area contributed by atoms with Gasteiger partial charge in [0.1, 0.15) is 23.1 Å². The maximum absolute atomic E-state index is 13.2. The molecule has 4 aliphatic rings. The maximum Gasteiger partial charge on any atom is 0.299 e. The highest BCUT2D eigenvalue weighted by atomic mass is 16.4. The van der Waals surface area contributed by atoms with Gasteiger partial charge in [0.2, 0.25) is 11.8 Å². The number of aromatic nitrogens is 2. The minimum Gasteiger partial charge on any atom is -0.423 e. The zero-order chi connectivity index (χ0) is 36.0. The lowest BCUT2D eigenvalue weighted by molar-refractivity contribution is -0.124. The topological polar surface area (TPSA) is 132 Å². The molecule has 9 rings (SSSR count). The van der Waals surface area contributed by atoms with E-state index in [9.17, 15) is 9.59 Å². The molecular weight excluding hydrogens is 669 g/mol. The van der Waals surface area contributed by atoms with Crippen LogP contribution in [0.2, 0.25) is 0 Å². The minimum absolute atomic E-state index is 0.0978. The number of anilines is 2. The van der Waals surface area contributed by atoms with Gasteiger partial charge < -0.3 is 34.6 Å². The highest BCUT2D eigenvalue weighted by Gasteiger charge is 2.35. The van der Waals surface area contributed by atoms with Crippen molar-refractivity contribution in [2.75, 3.05) is 49.1 Å². The van der Waals surface area contributed by atoms with E-state index in [1.54, 1.807) is 0 Å². The average molecular weight is 719 g/mol. The Morgan fingerprint density at radius 2 is 1.23 bits per heavy atom. The number of likely N-dealkylation sites (tertiary alicyclic amines) is 1. The number of piperidine rings is 2. The van der Waals surface area contributed by atoms with Gasteiger partial charge in [-0.25, -0.2) is 0 Å². The third-order valence-electron chi connectivity index (χ3n) is 10.9. The van der Waals surface area contributed by atoms with Crippen molar-refractivity contribution in [2.45, 2.75) is 82.1 Å². The Balaban J connectivity index is 0.000000156. The number of amides is 2. The molecule has 4 aliphatic heterocycles. The number of oxazole rings is 2. The fraction of sp³-hybridized carbons (Fsp3) is 0.463. The zero-order valence-electron chi connectivity index (χ0n) is 30.3. The van der Waals surface area contributed by atoms with E-state index in [4.69, 9.17) is 8.83 Å². The van der Waals surface area contributed by atoms with Gasteiger partial charge in [0.25, 0.3) is 12.0 Å². The van der Waals surface area contributed by atoms with Crippen LogP contribution < -0.4 is 25.8 Å². The van der Waals surface area contributed by atoms with Gasteiger partial charge >= 0.3 is 0 Å². The van der Waals surface area contributed by atoms with Crippen molar-refractivity contribution in [3.05, 3.63) is 84.4 Å². The Morgan fingerprint density at radius 1 is 0.660 bits per heavy atom. The number of para-hydroxylation sites is 4. The molecule has 3 aromatic carbocycles. The molecule has 4 fully saturated rings. The number of fused-ring (bicyclic) bond motifs is 2. The van der Waals surface area contributed by atoms with E-state index in [1.165, 1.54) is 5.56 Å². The quantitative estimate of drug-likeness (QED) is 0.196. The van der Waals surface area contributed by atoms with Gasteiger partial charge in [0.05, 0.1) is 0 Å². The SMILES string of the molecule is O=C(N[C@@H]1CCN(Cc2ccccc2)C1)[C@@H]1CCCCN1c1nc2ccccc2o1.O=C(N[C@@H]1CCNC1)[C@@H]1CCCCN1c1nc2ccccc2o1. The molecule has 278 valence electrons. The summed E-state index contributed by atoms with van der Waals surface area (Å²) in [4.78, 5) is 41.6. The minimum atomic E-state index is -0.213. The average Bonchev–Trinajstić information content (AvgIpc) is 4.03. The summed E-state index contributed by atoms with van der Waals surface area (Å²) in [5.74, 6) is 0.198. The number of nitrogens with one attached hydrogen (secondary N) is 3. The summed E-state index contributed by atoms with van der Waals surface area (Å²) in [5.41, 5.74) is 4.53. The van der Waals surface area contributed by atoms with Crippen molar-refractivity contribution in [1.82, 2.24) is 30.8 Å². The molecule has 6 heterocycles. The summed E-state index contributed by atoms with van der Waals surface area (Å²) in [5, 5.41) is 9.76. The van der Waals surface area contributed by atoms with Gasteiger partial charge in [-0.1, -0.05) is 54.6 Å². The predicted molar refractivity (Wildman–Crippen MR) is 206 cm³/mol. The lowest BCUT2D eigenvalue weighted by Gasteiger charge is -2.34. The van der Waals surface area contributed by atoms with E-state index >= 15 is 0 Å². The van der Waals surface area contributed by atoms with Crippen molar-refractivity contribution in [2.24, 2.45) is 0 Å². The molecule has 0 radical (unpaired) electrons. The van der Waals surface area contributed by atoms with Crippen LogP contribution in [0.4, 0.5) is 12.0 Å². The maximum atomic E-state index is 13.2. The number of hydrogen-bond donors (Lipinski definition) is 3. The monoisotopic (exact) mass is 718 g/mol. The van der Waals surface area contributed by atoms with Gasteiger partial charge in [-0.3, -0.25) is 14.5 Å². The summed E-state index contributed by atoms with van der Waals surface area (Å²) in [6.07, 6.45) is 7.92. The van der Waals surface area contributed by atoms with Crippen molar-refractivity contribution >= 4 is 46.0 Å². The van der Waals surface area contributed by atoms with E-state index in [0.29, 0.717) is 12.0 Å². The van der Waals surface area contributed by atoms with E-state index in [1.807, 2.05) is 59.5 Å². The Morgan fingerprint density at radius 3 is 1.79 bits per heavy atom. The van der Waals surface area contributed by atoms with Crippen LogP contribution >= 0.6 is 0 Å². The molecule has 2 aromatic heterocycles. The van der Waals surface area contributed by atoms with Crippen LogP contribution in [0, 0.1) is 0 Å². The lowest BCUT2D eigenvalue weighted by Crippen LogP contribution is -2.52. The van der Waals surface area contributed by atoms with Crippen LogP contribution in [-0.4, -0.2) is 90.1 Å². The van der Waals surface area contributed by atoms with Crippen LogP contribution in [-0.2, 0) is 16.1 Å². The van der Waals surface area contributed by atoms with E-state index in [2.05, 4.69) is 60.0 Å². The summed E-state index contributed by atoms with van der Waals surface area (Å²) in [6.45, 7) is 6.30. The largest absolute Gasteiger partial charge is 0.423 e. The first kappa shape index (κ1) is 35.1. The van der Waals surface area contributed by atoms with Gasteiger partial charge in [-0.15, -0.1) is 0 Å². The molecule has 2 amide bonds. The molecular formula is C41H50N8O4. The molecule has 3 N–H and O–H groups in total. The Bertz CT molecular complexity index is 1910. The molecule has 5 aromatic rings. The standard InChI is InChI=1S/C24H28N4O2.C17H22N4O2/c29-23(25-19-13-15-27(17-19)16-18-8-2-1-3-9-18)21-11-6-7-14-28(21)24-26-20-10-4-5-12-22(20)30-24;22-16(19-12-8-9-18-11-12)14-6-3-4-10-21(14)17-20-13-5-1-2-7-15(13)23-17/h1-5,8-10,12,19,21H,6-7,11,13-17H2,(H,25,29);1-2,5,7,12,14,18H,3-4,6,8-11H2,(H,19,22)/t19-,21+;12-,14+/m11/s1. The highest BCUT2D eigenvalue weighted by Crippen LogP contribution is 2.29. The zero-order valence-corrected chi connectivity index (χ0v) is 30.3. The smallest absolute Gasteiger partial charge is 0.299 e. The number of carbonyl (C=O) groups excluding carboxylic acids is 2. The first-order valence-corrected chi connectivity index (χ1v) is 19.4. The fourth-order valence-corrected chi connectivity index (χ4v) is 8.14. The molecule has 4 saturated heterocycles. The number of rotatable bonds is 8. The van der Waals surface area contributed by atoms with Crippen LogP contribution in [0.1, 0.15) is 56.9 Å². The van der Waals surface area contributed by atoms with Crippen molar-refractivity contribution < 1.29 is 18.4 Å². The van der Waals surface area contributed by atoms with E-state index in [-0.39, 0.29) is 36.0 Å².